The highest BCUT2D eigenvalue weighted by atomic mass is 32.2. The molecule has 3 rings (SSSR count). The highest BCUT2D eigenvalue weighted by Gasteiger charge is 2.16. The van der Waals surface area contributed by atoms with E-state index in [2.05, 4.69) is 15.3 Å². The summed E-state index contributed by atoms with van der Waals surface area (Å²) in [6, 6.07) is 11.0. The number of aromatic nitrogens is 3. The van der Waals surface area contributed by atoms with E-state index in [1.54, 1.807) is 24.4 Å². The van der Waals surface area contributed by atoms with Crippen molar-refractivity contribution in [2.75, 3.05) is 5.75 Å². The fourth-order valence-corrected chi connectivity index (χ4v) is 3.36. The highest BCUT2D eigenvalue weighted by molar-refractivity contribution is 7.99. The molecule has 0 aliphatic heterocycles. The standard InChI is InChI=1S/C20H22N4O2S/c1-4-14(3)22-18(25)12-27-20-23-16-8-6-5-7-15(16)19(26)24(20)17-10-9-13(2)11-21-17/h5-11,14H,4,12H2,1-3H3,(H,22,25)/t14-/m1/s1. The van der Waals surface area contributed by atoms with Gasteiger partial charge in [0.15, 0.2) is 5.16 Å². The third kappa shape index (κ3) is 4.36. The van der Waals surface area contributed by atoms with Crippen LogP contribution in [-0.2, 0) is 4.79 Å². The first-order valence-electron chi connectivity index (χ1n) is 8.86. The molecule has 0 saturated heterocycles. The van der Waals surface area contributed by atoms with Gasteiger partial charge in [-0.2, -0.15) is 0 Å². The average molecular weight is 382 g/mol. The Balaban J connectivity index is 2.02. The van der Waals surface area contributed by atoms with E-state index in [-0.39, 0.29) is 23.3 Å². The van der Waals surface area contributed by atoms with Crippen molar-refractivity contribution in [3.63, 3.8) is 0 Å². The number of nitrogens with zero attached hydrogens (tertiary/aromatic N) is 3. The first-order valence-corrected chi connectivity index (χ1v) is 9.85. The minimum absolute atomic E-state index is 0.0832. The number of benzene rings is 1. The van der Waals surface area contributed by atoms with E-state index < -0.39 is 0 Å². The van der Waals surface area contributed by atoms with E-state index in [9.17, 15) is 9.59 Å². The minimum Gasteiger partial charge on any atom is -0.353 e. The molecule has 3 aromatic rings. The quantitative estimate of drug-likeness (QED) is 0.524. The lowest BCUT2D eigenvalue weighted by Gasteiger charge is -2.14. The maximum Gasteiger partial charge on any atom is 0.267 e. The van der Waals surface area contributed by atoms with Gasteiger partial charge in [0.1, 0.15) is 5.82 Å². The van der Waals surface area contributed by atoms with Gasteiger partial charge >= 0.3 is 0 Å². The summed E-state index contributed by atoms with van der Waals surface area (Å²) < 4.78 is 1.48. The van der Waals surface area contributed by atoms with E-state index in [1.165, 1.54) is 16.3 Å². The maximum atomic E-state index is 13.1. The number of amides is 1. The molecule has 6 nitrogen and oxygen atoms in total. The zero-order valence-corrected chi connectivity index (χ0v) is 16.4. The molecule has 2 heterocycles. The Labute approximate surface area is 162 Å². The van der Waals surface area contributed by atoms with Crippen LogP contribution in [0.15, 0.2) is 52.5 Å². The number of pyridine rings is 1. The van der Waals surface area contributed by atoms with E-state index >= 15 is 0 Å². The summed E-state index contributed by atoms with van der Waals surface area (Å²) in [5.41, 5.74) is 1.42. The normalized spacial score (nSPS) is 12.1. The SMILES string of the molecule is CC[C@@H](C)NC(=O)CSc1nc2ccccc2c(=O)n1-c1ccc(C)cn1. The molecule has 7 heteroatoms. The van der Waals surface area contributed by atoms with Crippen LogP contribution < -0.4 is 10.9 Å². The highest BCUT2D eigenvalue weighted by Crippen LogP contribution is 2.20. The minimum atomic E-state index is -0.193. The largest absolute Gasteiger partial charge is 0.353 e. The van der Waals surface area contributed by atoms with Crippen LogP contribution in [0.2, 0.25) is 0 Å². The van der Waals surface area contributed by atoms with Gasteiger partial charge in [-0.3, -0.25) is 9.59 Å². The Kier molecular flexibility index (Phi) is 5.91. The van der Waals surface area contributed by atoms with Crippen LogP contribution in [-0.4, -0.2) is 32.2 Å². The van der Waals surface area contributed by atoms with Gasteiger partial charge in [0.05, 0.1) is 16.7 Å². The first-order chi connectivity index (χ1) is 13.0. The van der Waals surface area contributed by atoms with Gasteiger partial charge in [-0.15, -0.1) is 0 Å². The van der Waals surface area contributed by atoms with Crippen LogP contribution in [0.5, 0.6) is 0 Å². The Bertz CT molecular complexity index is 1010. The number of hydrogen-bond acceptors (Lipinski definition) is 5. The van der Waals surface area contributed by atoms with Crippen LogP contribution in [0.25, 0.3) is 16.7 Å². The molecule has 140 valence electrons. The van der Waals surface area contributed by atoms with E-state index in [0.717, 1.165) is 12.0 Å². The summed E-state index contributed by atoms with van der Waals surface area (Å²) >= 11 is 1.24. The number of nitrogens with one attached hydrogen (secondary N) is 1. The van der Waals surface area contributed by atoms with Crippen molar-refractivity contribution in [1.29, 1.82) is 0 Å². The Hall–Kier alpha value is -2.67. The zero-order chi connectivity index (χ0) is 19.4. The number of rotatable bonds is 6. The predicted octanol–water partition coefficient (Wildman–Crippen LogP) is 3.10. The maximum absolute atomic E-state index is 13.1. The Morgan fingerprint density at radius 1 is 1.26 bits per heavy atom. The summed E-state index contributed by atoms with van der Waals surface area (Å²) in [5, 5.41) is 3.90. The fraction of sp³-hybridized carbons (Fsp3) is 0.300. The summed E-state index contributed by atoms with van der Waals surface area (Å²) in [5.74, 6) is 0.593. The molecule has 1 atom stereocenters. The summed E-state index contributed by atoms with van der Waals surface area (Å²) in [6.45, 7) is 5.92. The van der Waals surface area contributed by atoms with Gasteiger partial charge in [0, 0.05) is 12.2 Å². The van der Waals surface area contributed by atoms with E-state index in [4.69, 9.17) is 0 Å². The van der Waals surface area contributed by atoms with E-state index in [0.29, 0.717) is 21.9 Å². The van der Waals surface area contributed by atoms with E-state index in [1.807, 2.05) is 39.0 Å². The molecule has 0 spiro atoms. The second-order valence-corrected chi connectivity index (χ2v) is 7.35. The Morgan fingerprint density at radius 2 is 2.04 bits per heavy atom. The third-order valence-electron chi connectivity index (χ3n) is 4.22. The molecule has 1 aromatic carbocycles. The number of aryl methyl sites for hydroxylation is 1. The van der Waals surface area contributed by atoms with Gasteiger partial charge in [-0.25, -0.2) is 14.5 Å². The lowest BCUT2D eigenvalue weighted by molar-refractivity contribution is -0.119. The predicted molar refractivity (Wildman–Crippen MR) is 108 cm³/mol. The van der Waals surface area contributed by atoms with Gasteiger partial charge in [0.2, 0.25) is 5.91 Å². The summed E-state index contributed by atoms with van der Waals surface area (Å²) in [7, 11) is 0. The molecule has 1 amide bonds. The zero-order valence-electron chi connectivity index (χ0n) is 15.6. The molecule has 2 aromatic heterocycles. The van der Waals surface area contributed by atoms with Crippen molar-refractivity contribution in [2.24, 2.45) is 0 Å². The van der Waals surface area contributed by atoms with Gasteiger partial charge in [0.25, 0.3) is 5.56 Å². The van der Waals surface area contributed by atoms with Crippen LogP contribution in [0.3, 0.4) is 0 Å². The second-order valence-electron chi connectivity index (χ2n) is 6.41. The summed E-state index contributed by atoms with van der Waals surface area (Å²) in [6.07, 6.45) is 2.57. The molecule has 0 unspecified atom stereocenters. The van der Waals surface area contributed by atoms with Gasteiger partial charge < -0.3 is 5.32 Å². The number of thioether (sulfide) groups is 1. The molecule has 0 bridgehead atoms. The third-order valence-corrected chi connectivity index (χ3v) is 5.16. The number of para-hydroxylation sites is 1. The van der Waals surface area contributed by atoms with Crippen molar-refractivity contribution in [1.82, 2.24) is 19.9 Å². The lowest BCUT2D eigenvalue weighted by atomic mass is 10.2. The molecule has 0 aliphatic rings. The average Bonchev–Trinajstić information content (AvgIpc) is 2.67. The van der Waals surface area contributed by atoms with Crippen molar-refractivity contribution < 1.29 is 4.79 Å². The lowest BCUT2D eigenvalue weighted by Crippen LogP contribution is -2.33. The van der Waals surface area contributed by atoms with Crippen LogP contribution in [0.1, 0.15) is 25.8 Å². The fourth-order valence-electron chi connectivity index (χ4n) is 2.55. The summed E-state index contributed by atoms with van der Waals surface area (Å²) in [4.78, 5) is 34.2. The molecular weight excluding hydrogens is 360 g/mol. The molecule has 0 saturated carbocycles. The van der Waals surface area contributed by atoms with Crippen molar-refractivity contribution in [3.8, 4) is 5.82 Å². The number of carbonyl (C=O) groups is 1. The molecule has 1 N–H and O–H groups in total. The molecular formula is C20H22N4O2S. The molecule has 0 radical (unpaired) electrons. The Morgan fingerprint density at radius 3 is 2.74 bits per heavy atom. The number of carbonyl (C=O) groups excluding carboxylic acids is 1. The molecule has 27 heavy (non-hydrogen) atoms. The first kappa shape index (κ1) is 19.1. The smallest absolute Gasteiger partial charge is 0.267 e. The monoisotopic (exact) mass is 382 g/mol. The number of hydrogen-bond donors (Lipinski definition) is 1. The molecule has 0 aliphatic carbocycles. The van der Waals surface area contributed by atoms with Crippen molar-refractivity contribution in [3.05, 3.63) is 58.5 Å². The topological polar surface area (TPSA) is 76.9 Å². The molecule has 0 fully saturated rings. The van der Waals surface area contributed by atoms with Crippen LogP contribution >= 0.6 is 11.8 Å². The second kappa shape index (κ2) is 8.35. The van der Waals surface area contributed by atoms with Gasteiger partial charge in [-0.1, -0.05) is 36.9 Å². The van der Waals surface area contributed by atoms with Crippen molar-refractivity contribution in [2.45, 2.75) is 38.4 Å². The van der Waals surface area contributed by atoms with Gasteiger partial charge in [-0.05, 0) is 44.0 Å². The van der Waals surface area contributed by atoms with Crippen molar-refractivity contribution >= 4 is 28.6 Å². The number of fused-ring (bicyclic) bond motifs is 1. The van der Waals surface area contributed by atoms with Crippen LogP contribution in [0.4, 0.5) is 0 Å². The van der Waals surface area contributed by atoms with Crippen LogP contribution in [0, 0.1) is 6.92 Å².